The molecule has 0 radical (unpaired) electrons. The van der Waals surface area contributed by atoms with Gasteiger partial charge in [-0.25, -0.2) is 11.6 Å². The van der Waals surface area contributed by atoms with Crippen LogP contribution in [-0.4, -0.2) is 35.1 Å². The van der Waals surface area contributed by atoms with Crippen LogP contribution in [-0.2, 0) is 0 Å². The second kappa shape index (κ2) is 6.77. The van der Waals surface area contributed by atoms with Gasteiger partial charge in [-0.05, 0) is 6.20 Å². The van der Waals surface area contributed by atoms with Gasteiger partial charge in [0.1, 0.15) is 5.88 Å². The zero-order chi connectivity index (χ0) is 7.56. The first-order chi connectivity index (χ1) is 4.74. The molecule has 2 nitrogen and oxygen atoms in total. The van der Waals surface area contributed by atoms with Gasteiger partial charge in [0.2, 0.25) is 0 Å². The van der Waals surface area contributed by atoms with Gasteiger partial charge in [-0.1, -0.05) is 11.9 Å². The maximum absolute atomic E-state index is 5.69. The first-order valence-electron chi connectivity index (χ1n) is 2.82. The normalized spacial score (nSPS) is 7.92. The minimum atomic E-state index is 0. The largest absolute Gasteiger partial charge is 2.00 e. The van der Waals surface area contributed by atoms with Crippen LogP contribution in [0.15, 0.2) is 6.20 Å². The zero-order valence-electron chi connectivity index (χ0n) is 6.90. The molecule has 0 aliphatic carbocycles. The molecular formula is C7H7Cl2MgNO. The van der Waals surface area contributed by atoms with Crippen LogP contribution < -0.4 is 17.1 Å². The van der Waals surface area contributed by atoms with E-state index in [2.05, 4.69) is 11.1 Å². The molecule has 0 saturated heterocycles. The predicted octanol–water partition coefficient (Wildman–Crippen LogP) is -1.52. The van der Waals surface area contributed by atoms with Crippen LogP contribution >= 0.6 is 11.6 Å². The van der Waals surface area contributed by atoms with Crippen molar-refractivity contribution in [1.82, 2.24) is 4.98 Å². The molecule has 1 aromatic rings. The summed E-state index contributed by atoms with van der Waals surface area (Å²) in [5, 5.41) is 0.612. The molecule has 0 saturated carbocycles. The Hall–Kier alpha value is 0.296. The molecule has 1 heterocycles. The van der Waals surface area contributed by atoms with Gasteiger partial charge in [0.05, 0.1) is 7.11 Å². The van der Waals surface area contributed by atoms with Gasteiger partial charge in [-0.2, -0.15) is 11.6 Å². The Morgan fingerprint density at radius 2 is 2.17 bits per heavy atom. The van der Waals surface area contributed by atoms with Crippen LogP contribution in [0.25, 0.3) is 0 Å². The summed E-state index contributed by atoms with van der Waals surface area (Å²) in [6.45, 7) is 1.85. The number of hydrogen-bond acceptors (Lipinski definition) is 2. The molecule has 1 aromatic heterocycles. The molecule has 0 aliphatic rings. The summed E-state index contributed by atoms with van der Waals surface area (Å²) < 4.78 is 4.82. The predicted molar refractivity (Wildman–Crippen MR) is 45.1 cm³/mol. The number of methoxy groups -OCH3 is 1. The third-order valence-corrected chi connectivity index (χ3v) is 1.52. The van der Waals surface area contributed by atoms with E-state index in [-0.39, 0.29) is 35.5 Å². The first-order valence-corrected chi connectivity index (χ1v) is 3.20. The number of pyridine rings is 1. The topological polar surface area (TPSA) is 22.1 Å². The molecule has 0 unspecified atom stereocenters. The van der Waals surface area contributed by atoms with Gasteiger partial charge in [-0.15, -0.1) is 0 Å². The molecule has 0 atom stereocenters. The zero-order valence-corrected chi connectivity index (χ0v) is 9.82. The molecule has 0 aromatic carbocycles. The maximum atomic E-state index is 5.69. The van der Waals surface area contributed by atoms with E-state index in [9.17, 15) is 0 Å². The molecule has 62 valence electrons. The summed E-state index contributed by atoms with van der Waals surface area (Å²) in [5.41, 5.74) is 0.855. The Bertz CT molecular complexity index is 245. The Balaban J connectivity index is 0. The molecule has 12 heavy (non-hydrogen) atoms. The quantitative estimate of drug-likeness (QED) is 0.420. The third-order valence-electron chi connectivity index (χ3n) is 1.14. The minimum absolute atomic E-state index is 0. The van der Waals surface area contributed by atoms with Gasteiger partial charge in [0, 0.05) is 0 Å². The van der Waals surface area contributed by atoms with E-state index in [1.165, 1.54) is 0 Å². The smallest absolute Gasteiger partial charge is 1.00 e. The first kappa shape index (κ1) is 14.8. The Morgan fingerprint density at radius 3 is 2.58 bits per heavy atom. The number of hydrogen-bond donors (Lipinski definition) is 0. The Morgan fingerprint density at radius 1 is 1.58 bits per heavy atom. The summed E-state index contributed by atoms with van der Waals surface area (Å²) in [6.07, 6.45) is 1.55. The van der Waals surface area contributed by atoms with Gasteiger partial charge in [-0.3, -0.25) is 4.98 Å². The van der Waals surface area contributed by atoms with Crippen LogP contribution in [0.3, 0.4) is 0 Å². The number of halogens is 2. The van der Waals surface area contributed by atoms with Gasteiger partial charge in [0.15, 0.2) is 0 Å². The second-order valence-corrected chi connectivity index (χ2v) is 2.27. The number of rotatable bonds is 1. The van der Waals surface area contributed by atoms with Crippen molar-refractivity contribution in [2.75, 3.05) is 7.11 Å². The number of aryl methyl sites for hydroxylation is 1. The molecule has 0 N–H and O–H groups in total. The van der Waals surface area contributed by atoms with Gasteiger partial charge >= 0.3 is 23.1 Å². The summed E-state index contributed by atoms with van der Waals surface area (Å²) in [6, 6.07) is 2.86. The van der Waals surface area contributed by atoms with Crippen molar-refractivity contribution in [3.8, 4) is 5.88 Å². The van der Waals surface area contributed by atoms with E-state index in [1.54, 1.807) is 13.3 Å². The van der Waals surface area contributed by atoms with E-state index >= 15 is 0 Å². The third kappa shape index (κ3) is 3.80. The molecule has 0 fully saturated rings. The van der Waals surface area contributed by atoms with Crippen molar-refractivity contribution in [1.29, 1.82) is 0 Å². The van der Waals surface area contributed by atoms with Crippen molar-refractivity contribution in [2.24, 2.45) is 0 Å². The van der Waals surface area contributed by atoms with Crippen LogP contribution in [0, 0.1) is 13.0 Å². The van der Waals surface area contributed by atoms with E-state index in [0.29, 0.717) is 10.9 Å². The average molecular weight is 216 g/mol. The molecule has 0 aliphatic heterocycles. The maximum Gasteiger partial charge on any atom is 2.00 e. The molecule has 0 amide bonds. The van der Waals surface area contributed by atoms with Gasteiger partial charge in [0.25, 0.3) is 0 Å². The fourth-order valence-corrected chi connectivity index (χ4v) is 0.664. The molecule has 5 heteroatoms. The molecule has 1 rings (SSSR count). The summed E-state index contributed by atoms with van der Waals surface area (Å²) in [7, 11) is 1.55. The van der Waals surface area contributed by atoms with Crippen molar-refractivity contribution < 1.29 is 17.1 Å². The van der Waals surface area contributed by atoms with E-state index in [4.69, 9.17) is 16.3 Å². The van der Waals surface area contributed by atoms with Crippen LogP contribution in [0.4, 0.5) is 0 Å². The molecular weight excluding hydrogens is 209 g/mol. The number of nitrogens with zero attached hydrogens (tertiary/aromatic N) is 1. The number of ether oxygens (including phenoxy) is 1. The van der Waals surface area contributed by atoms with Crippen molar-refractivity contribution in [3.05, 3.63) is 22.8 Å². The van der Waals surface area contributed by atoms with Crippen molar-refractivity contribution in [3.63, 3.8) is 0 Å². The Kier molecular flexibility index (Phi) is 8.35. The summed E-state index contributed by atoms with van der Waals surface area (Å²) in [4.78, 5) is 3.85. The Labute approximate surface area is 99.2 Å². The van der Waals surface area contributed by atoms with Crippen molar-refractivity contribution >= 4 is 34.7 Å². The summed E-state index contributed by atoms with van der Waals surface area (Å²) >= 11 is 5.69. The van der Waals surface area contributed by atoms with Crippen LogP contribution in [0.2, 0.25) is 5.02 Å². The summed E-state index contributed by atoms with van der Waals surface area (Å²) in [5.74, 6) is 0.474. The van der Waals surface area contributed by atoms with E-state index < -0.39 is 0 Å². The van der Waals surface area contributed by atoms with E-state index in [1.807, 2.05) is 6.92 Å². The monoisotopic (exact) mass is 215 g/mol. The molecule has 0 bridgehead atoms. The fourth-order valence-electron chi connectivity index (χ4n) is 0.568. The van der Waals surface area contributed by atoms with E-state index in [0.717, 1.165) is 5.56 Å². The molecule has 0 spiro atoms. The minimum Gasteiger partial charge on any atom is -1.00 e. The number of aromatic nitrogens is 1. The average Bonchev–Trinajstić information content (AvgIpc) is 1.95. The SMILES string of the molecule is COc1[c-]c(C)c(Cl)cn1.[Cl-].[Mg+2]. The van der Waals surface area contributed by atoms with Crippen LogP contribution in [0.5, 0.6) is 5.88 Å². The van der Waals surface area contributed by atoms with Gasteiger partial charge < -0.3 is 17.1 Å². The van der Waals surface area contributed by atoms with Crippen molar-refractivity contribution in [2.45, 2.75) is 6.92 Å². The fraction of sp³-hybridized carbons (Fsp3) is 0.286. The standard InChI is InChI=1S/C7H7ClNO.ClH.Mg/c1-5-3-7(10-2)9-4-6(5)8;;/h4H,1-2H3;1H;/q-1;;+2/p-1. The second-order valence-electron chi connectivity index (χ2n) is 1.87. The van der Waals surface area contributed by atoms with Crippen LogP contribution in [0.1, 0.15) is 5.56 Å².